The molecule has 0 radical (unpaired) electrons. The van der Waals surface area contributed by atoms with Crippen LogP contribution in [0.1, 0.15) is 37.2 Å². The van der Waals surface area contributed by atoms with Crippen LogP contribution in [-0.4, -0.2) is 44.7 Å². The van der Waals surface area contributed by atoms with Gasteiger partial charge in [-0.25, -0.2) is 4.98 Å². The first-order valence-electron chi connectivity index (χ1n) is 10.5. The fourth-order valence-electron chi connectivity index (χ4n) is 4.11. The number of hydrogen-bond acceptors (Lipinski definition) is 3. The number of nitrogens with zero attached hydrogens (tertiary/aromatic N) is 3. The number of fused-ring (bicyclic) bond motifs is 2. The van der Waals surface area contributed by atoms with E-state index in [2.05, 4.69) is 16.0 Å². The minimum atomic E-state index is -0.486. The molecular formula is C24H28N4O2. The molecular weight excluding hydrogens is 376 g/mol. The minimum Gasteiger partial charge on any atom is -0.340 e. The first-order chi connectivity index (χ1) is 14.4. The van der Waals surface area contributed by atoms with Crippen molar-refractivity contribution in [2.24, 2.45) is 5.92 Å². The molecule has 2 aromatic carbocycles. The van der Waals surface area contributed by atoms with Crippen LogP contribution in [0.2, 0.25) is 0 Å². The highest BCUT2D eigenvalue weighted by molar-refractivity contribution is 5.88. The highest BCUT2D eigenvalue weighted by atomic mass is 16.2. The SMILES string of the molecule is CC(C)CC(=O)N1Cc2ccccc2CC1C(=O)N(C)Cc1nc2ccccc2[nH]1. The zero-order chi connectivity index (χ0) is 21.3. The third-order valence-electron chi connectivity index (χ3n) is 5.64. The lowest BCUT2D eigenvalue weighted by molar-refractivity contribution is -0.147. The van der Waals surface area contributed by atoms with Crippen LogP contribution < -0.4 is 0 Å². The maximum atomic E-state index is 13.4. The Balaban J connectivity index is 1.56. The molecule has 2 heterocycles. The summed E-state index contributed by atoms with van der Waals surface area (Å²) in [6, 6.07) is 15.4. The number of rotatable bonds is 5. The summed E-state index contributed by atoms with van der Waals surface area (Å²) in [5.41, 5.74) is 4.10. The molecule has 0 spiro atoms. The van der Waals surface area contributed by atoms with Crippen LogP contribution in [-0.2, 0) is 29.1 Å². The van der Waals surface area contributed by atoms with Crippen molar-refractivity contribution < 1.29 is 9.59 Å². The van der Waals surface area contributed by atoms with Crippen LogP contribution in [0.4, 0.5) is 0 Å². The molecule has 0 saturated heterocycles. The Kier molecular flexibility index (Phi) is 5.57. The van der Waals surface area contributed by atoms with E-state index in [-0.39, 0.29) is 17.7 Å². The lowest BCUT2D eigenvalue weighted by atomic mass is 9.92. The smallest absolute Gasteiger partial charge is 0.245 e. The second-order valence-corrected chi connectivity index (χ2v) is 8.50. The molecule has 1 aromatic heterocycles. The van der Waals surface area contributed by atoms with E-state index in [4.69, 9.17) is 0 Å². The predicted octanol–water partition coefficient (Wildman–Crippen LogP) is 3.52. The van der Waals surface area contributed by atoms with Crippen LogP contribution >= 0.6 is 0 Å². The van der Waals surface area contributed by atoms with Gasteiger partial charge < -0.3 is 14.8 Å². The predicted molar refractivity (Wildman–Crippen MR) is 117 cm³/mol. The van der Waals surface area contributed by atoms with Crippen LogP contribution in [0.15, 0.2) is 48.5 Å². The van der Waals surface area contributed by atoms with E-state index in [1.807, 2.05) is 56.3 Å². The number of para-hydroxylation sites is 2. The Hall–Kier alpha value is -3.15. The van der Waals surface area contributed by atoms with E-state index in [1.54, 1.807) is 16.8 Å². The number of aromatic amines is 1. The van der Waals surface area contributed by atoms with E-state index in [9.17, 15) is 9.59 Å². The number of imidazole rings is 1. The van der Waals surface area contributed by atoms with Crippen molar-refractivity contribution in [3.05, 3.63) is 65.5 Å². The fraction of sp³-hybridized carbons (Fsp3) is 0.375. The number of nitrogens with one attached hydrogen (secondary N) is 1. The molecule has 0 aliphatic carbocycles. The topological polar surface area (TPSA) is 69.3 Å². The van der Waals surface area contributed by atoms with E-state index >= 15 is 0 Å². The van der Waals surface area contributed by atoms with Crippen LogP contribution in [0.3, 0.4) is 0 Å². The van der Waals surface area contributed by atoms with Crippen molar-refractivity contribution in [1.82, 2.24) is 19.8 Å². The Morgan fingerprint density at radius 3 is 2.57 bits per heavy atom. The number of aromatic nitrogens is 2. The molecule has 1 atom stereocenters. The van der Waals surface area contributed by atoms with E-state index in [0.29, 0.717) is 25.9 Å². The van der Waals surface area contributed by atoms with Gasteiger partial charge in [-0.1, -0.05) is 50.2 Å². The second kappa shape index (κ2) is 8.30. The highest BCUT2D eigenvalue weighted by Gasteiger charge is 2.36. The van der Waals surface area contributed by atoms with Gasteiger partial charge >= 0.3 is 0 Å². The quantitative estimate of drug-likeness (QED) is 0.707. The molecule has 2 amide bonds. The Labute approximate surface area is 176 Å². The third kappa shape index (κ3) is 4.08. The number of amides is 2. The number of hydrogen-bond donors (Lipinski definition) is 1. The lowest BCUT2D eigenvalue weighted by Gasteiger charge is -2.38. The number of carbonyl (C=O) groups is 2. The van der Waals surface area contributed by atoms with Crippen LogP contribution in [0.5, 0.6) is 0 Å². The summed E-state index contributed by atoms with van der Waals surface area (Å²) in [5, 5.41) is 0. The van der Waals surface area contributed by atoms with Gasteiger partial charge in [0, 0.05) is 26.4 Å². The zero-order valence-corrected chi connectivity index (χ0v) is 17.8. The van der Waals surface area contributed by atoms with Gasteiger partial charge in [0.1, 0.15) is 11.9 Å². The number of H-pyrrole nitrogens is 1. The third-order valence-corrected chi connectivity index (χ3v) is 5.64. The van der Waals surface area contributed by atoms with E-state index in [1.165, 1.54) is 0 Å². The summed E-state index contributed by atoms with van der Waals surface area (Å²) < 4.78 is 0. The maximum absolute atomic E-state index is 13.4. The normalized spacial score (nSPS) is 16.0. The van der Waals surface area contributed by atoms with Crippen molar-refractivity contribution >= 4 is 22.8 Å². The molecule has 0 bridgehead atoms. The second-order valence-electron chi connectivity index (χ2n) is 8.50. The van der Waals surface area contributed by atoms with Gasteiger partial charge in [0.2, 0.25) is 11.8 Å². The maximum Gasteiger partial charge on any atom is 0.245 e. The molecule has 156 valence electrons. The molecule has 6 heteroatoms. The molecule has 3 aromatic rings. The van der Waals surface area contributed by atoms with Gasteiger partial charge in [0.15, 0.2) is 0 Å². The van der Waals surface area contributed by atoms with Gasteiger partial charge in [0.05, 0.1) is 17.6 Å². The van der Waals surface area contributed by atoms with Crippen molar-refractivity contribution in [3.63, 3.8) is 0 Å². The summed E-state index contributed by atoms with van der Waals surface area (Å²) >= 11 is 0. The van der Waals surface area contributed by atoms with E-state index < -0.39 is 6.04 Å². The van der Waals surface area contributed by atoms with Gasteiger partial charge in [0.25, 0.3) is 0 Å². The number of benzene rings is 2. The largest absolute Gasteiger partial charge is 0.340 e. The van der Waals surface area contributed by atoms with Gasteiger partial charge in [-0.05, 0) is 29.2 Å². The average molecular weight is 405 g/mol. The Morgan fingerprint density at radius 2 is 1.83 bits per heavy atom. The monoisotopic (exact) mass is 404 g/mol. The summed E-state index contributed by atoms with van der Waals surface area (Å²) in [7, 11) is 1.78. The number of carbonyl (C=O) groups excluding carboxylic acids is 2. The molecule has 1 unspecified atom stereocenters. The summed E-state index contributed by atoms with van der Waals surface area (Å²) in [6.45, 7) is 4.91. The fourth-order valence-corrected chi connectivity index (χ4v) is 4.11. The summed E-state index contributed by atoms with van der Waals surface area (Å²) in [6.07, 6.45) is 0.989. The molecule has 1 N–H and O–H groups in total. The van der Waals surface area contributed by atoms with Crippen LogP contribution in [0, 0.1) is 5.92 Å². The minimum absolute atomic E-state index is 0.0370. The molecule has 0 fully saturated rings. The van der Waals surface area contributed by atoms with Gasteiger partial charge in [-0.2, -0.15) is 0 Å². The lowest BCUT2D eigenvalue weighted by Crippen LogP contribution is -2.53. The molecule has 1 aliphatic rings. The Morgan fingerprint density at radius 1 is 1.13 bits per heavy atom. The van der Waals surface area contributed by atoms with Crippen molar-refractivity contribution in [1.29, 1.82) is 0 Å². The molecule has 30 heavy (non-hydrogen) atoms. The highest BCUT2D eigenvalue weighted by Crippen LogP contribution is 2.26. The first kappa shape index (κ1) is 20.1. The van der Waals surface area contributed by atoms with Gasteiger partial charge in [-0.3, -0.25) is 9.59 Å². The van der Waals surface area contributed by atoms with Crippen molar-refractivity contribution in [2.75, 3.05) is 7.05 Å². The standard InChI is InChI=1S/C24H28N4O2/c1-16(2)12-23(29)28-14-18-9-5-4-8-17(18)13-21(28)24(30)27(3)15-22-25-19-10-6-7-11-20(19)26-22/h4-11,16,21H,12-15H2,1-3H3,(H,25,26). The zero-order valence-electron chi connectivity index (χ0n) is 17.8. The summed E-state index contributed by atoms with van der Waals surface area (Å²) in [4.78, 5) is 37.7. The molecule has 0 saturated carbocycles. The van der Waals surface area contributed by atoms with Crippen molar-refractivity contribution in [2.45, 2.75) is 45.8 Å². The molecule has 6 nitrogen and oxygen atoms in total. The molecule has 1 aliphatic heterocycles. The van der Waals surface area contributed by atoms with E-state index in [0.717, 1.165) is 28.0 Å². The van der Waals surface area contributed by atoms with Crippen molar-refractivity contribution in [3.8, 4) is 0 Å². The number of likely N-dealkylation sites (N-methyl/N-ethyl adjacent to an activating group) is 1. The molecule has 4 rings (SSSR count). The average Bonchev–Trinajstić information content (AvgIpc) is 3.14. The van der Waals surface area contributed by atoms with Gasteiger partial charge in [-0.15, -0.1) is 0 Å². The first-order valence-corrected chi connectivity index (χ1v) is 10.5. The summed E-state index contributed by atoms with van der Waals surface area (Å²) in [5.74, 6) is 0.971. The van der Waals surface area contributed by atoms with Crippen LogP contribution in [0.25, 0.3) is 11.0 Å². The Bertz CT molecular complexity index is 1040.